The molecule has 0 aliphatic rings. The smallest absolute Gasteiger partial charge is 0.165 e. The summed E-state index contributed by atoms with van der Waals surface area (Å²) in [6.45, 7) is 0. The first-order valence-corrected chi connectivity index (χ1v) is 8.13. The van der Waals surface area contributed by atoms with Crippen LogP contribution in [-0.4, -0.2) is 17.7 Å². The van der Waals surface area contributed by atoms with Gasteiger partial charge in [0.15, 0.2) is 5.78 Å². The highest BCUT2D eigenvalue weighted by atomic mass is 35.5. The number of Topliss-reactive ketones (excluding diaryl/α,β-unsaturated/α-hetero) is 1. The topological polar surface area (TPSA) is 52.9 Å². The van der Waals surface area contributed by atoms with E-state index in [9.17, 15) is 4.79 Å². The maximum absolute atomic E-state index is 12.0. The maximum atomic E-state index is 12.0. The third-order valence-corrected chi connectivity index (χ3v) is 4.28. The van der Waals surface area contributed by atoms with Crippen molar-refractivity contribution in [1.29, 1.82) is 5.26 Å². The number of hydrogen-bond donors (Lipinski definition) is 1. The molecule has 0 spiro atoms. The lowest BCUT2D eigenvalue weighted by atomic mass is 10.0. The Morgan fingerprint density at radius 1 is 1.18 bits per heavy atom. The molecular formula is C17H15ClN2OS. The minimum absolute atomic E-state index is 0.0154. The van der Waals surface area contributed by atoms with Crippen LogP contribution in [0.2, 0.25) is 0 Å². The van der Waals surface area contributed by atoms with E-state index >= 15 is 0 Å². The van der Waals surface area contributed by atoms with Gasteiger partial charge in [0.25, 0.3) is 0 Å². The average molecular weight is 331 g/mol. The van der Waals surface area contributed by atoms with Gasteiger partial charge in [-0.2, -0.15) is 5.26 Å². The monoisotopic (exact) mass is 330 g/mol. The molecule has 5 heteroatoms. The SMILES string of the molecule is N#Cc1ccc(SN[C@@H](Cc2ccccc2)C(=O)CCl)cc1. The summed E-state index contributed by atoms with van der Waals surface area (Å²) in [6, 6.07) is 18.7. The summed E-state index contributed by atoms with van der Waals surface area (Å²) >= 11 is 7.07. The number of halogens is 1. The number of hydrogen-bond acceptors (Lipinski definition) is 4. The van der Waals surface area contributed by atoms with Crippen molar-refractivity contribution in [3.05, 3.63) is 65.7 Å². The molecule has 0 unspecified atom stereocenters. The second kappa shape index (κ2) is 8.60. The lowest BCUT2D eigenvalue weighted by Gasteiger charge is -2.16. The minimum Gasteiger partial charge on any atom is -0.297 e. The van der Waals surface area contributed by atoms with Crippen molar-refractivity contribution in [2.75, 3.05) is 5.88 Å². The van der Waals surface area contributed by atoms with E-state index in [0.29, 0.717) is 12.0 Å². The molecular weight excluding hydrogens is 316 g/mol. The van der Waals surface area contributed by atoms with Crippen molar-refractivity contribution in [3.8, 4) is 6.07 Å². The van der Waals surface area contributed by atoms with Gasteiger partial charge in [0.2, 0.25) is 0 Å². The van der Waals surface area contributed by atoms with Crippen LogP contribution in [0.1, 0.15) is 11.1 Å². The normalized spacial score (nSPS) is 11.6. The second-order valence-corrected chi connectivity index (χ2v) is 5.88. The van der Waals surface area contributed by atoms with Gasteiger partial charge in [0.1, 0.15) is 0 Å². The van der Waals surface area contributed by atoms with Crippen LogP contribution in [0, 0.1) is 11.3 Å². The van der Waals surface area contributed by atoms with Gasteiger partial charge in [-0.15, -0.1) is 11.6 Å². The first-order valence-electron chi connectivity index (χ1n) is 6.78. The van der Waals surface area contributed by atoms with E-state index < -0.39 is 0 Å². The summed E-state index contributed by atoms with van der Waals surface area (Å²) in [6.07, 6.45) is 0.593. The largest absolute Gasteiger partial charge is 0.297 e. The molecule has 2 rings (SSSR count). The first kappa shape index (κ1) is 16.6. The van der Waals surface area contributed by atoms with E-state index in [1.165, 1.54) is 11.9 Å². The zero-order valence-electron chi connectivity index (χ0n) is 11.8. The van der Waals surface area contributed by atoms with Crippen LogP contribution in [-0.2, 0) is 11.2 Å². The Hall–Kier alpha value is -1.80. The van der Waals surface area contributed by atoms with Gasteiger partial charge in [0, 0.05) is 4.90 Å². The lowest BCUT2D eigenvalue weighted by molar-refractivity contribution is -0.118. The molecule has 0 fully saturated rings. The highest BCUT2D eigenvalue weighted by Gasteiger charge is 2.17. The molecule has 1 N–H and O–H groups in total. The van der Waals surface area contributed by atoms with Crippen LogP contribution in [0.15, 0.2) is 59.5 Å². The predicted molar refractivity (Wildman–Crippen MR) is 89.8 cm³/mol. The minimum atomic E-state index is -0.347. The fourth-order valence-electron chi connectivity index (χ4n) is 1.90. The Morgan fingerprint density at radius 3 is 2.45 bits per heavy atom. The van der Waals surface area contributed by atoms with Gasteiger partial charge in [-0.25, -0.2) is 4.72 Å². The number of benzene rings is 2. The fourth-order valence-corrected chi connectivity index (χ4v) is 2.85. The first-order chi connectivity index (χ1) is 10.7. The van der Waals surface area contributed by atoms with E-state index in [-0.39, 0.29) is 17.7 Å². The number of nitriles is 1. The Kier molecular flexibility index (Phi) is 6.47. The van der Waals surface area contributed by atoms with E-state index in [2.05, 4.69) is 10.8 Å². The molecule has 0 aromatic heterocycles. The third kappa shape index (κ3) is 4.88. The molecule has 112 valence electrons. The van der Waals surface area contributed by atoms with Crippen LogP contribution in [0.4, 0.5) is 0 Å². The summed E-state index contributed by atoms with van der Waals surface area (Å²) < 4.78 is 3.17. The summed E-state index contributed by atoms with van der Waals surface area (Å²) in [7, 11) is 0. The molecule has 0 aliphatic heterocycles. The molecule has 0 bridgehead atoms. The van der Waals surface area contributed by atoms with E-state index in [1.807, 2.05) is 42.5 Å². The molecule has 1 atom stereocenters. The van der Waals surface area contributed by atoms with E-state index in [0.717, 1.165) is 10.5 Å². The molecule has 22 heavy (non-hydrogen) atoms. The fraction of sp³-hybridized carbons (Fsp3) is 0.176. The van der Waals surface area contributed by atoms with Gasteiger partial charge >= 0.3 is 0 Å². The third-order valence-electron chi connectivity index (χ3n) is 3.11. The number of carbonyl (C=O) groups excluding carboxylic acids is 1. The molecule has 0 saturated carbocycles. The number of ketones is 1. The number of carbonyl (C=O) groups is 1. The van der Waals surface area contributed by atoms with Gasteiger partial charge in [0.05, 0.1) is 23.6 Å². The average Bonchev–Trinajstić information content (AvgIpc) is 2.59. The van der Waals surface area contributed by atoms with Crippen molar-refractivity contribution in [1.82, 2.24) is 4.72 Å². The molecule has 2 aromatic carbocycles. The Labute approximate surface area is 139 Å². The molecule has 0 aliphatic carbocycles. The standard InChI is InChI=1S/C17H15ClN2OS/c18-11-17(21)16(10-13-4-2-1-3-5-13)20-22-15-8-6-14(12-19)7-9-15/h1-9,16,20H,10-11H2/t16-/m0/s1. The van der Waals surface area contributed by atoms with Crippen molar-refractivity contribution >= 4 is 29.3 Å². The maximum Gasteiger partial charge on any atom is 0.165 e. The number of rotatable bonds is 7. The molecule has 0 radical (unpaired) electrons. The molecule has 3 nitrogen and oxygen atoms in total. The van der Waals surface area contributed by atoms with Crippen molar-refractivity contribution < 1.29 is 4.79 Å². The van der Waals surface area contributed by atoms with Crippen LogP contribution in [0.25, 0.3) is 0 Å². The zero-order chi connectivity index (χ0) is 15.8. The Bertz CT molecular complexity index is 653. The summed E-state index contributed by atoms with van der Waals surface area (Å²) in [5, 5.41) is 8.78. The van der Waals surface area contributed by atoms with Gasteiger partial charge in [-0.3, -0.25) is 4.79 Å². The quantitative estimate of drug-likeness (QED) is 0.623. The van der Waals surface area contributed by atoms with Crippen LogP contribution in [0.3, 0.4) is 0 Å². The van der Waals surface area contributed by atoms with Crippen molar-refractivity contribution in [2.24, 2.45) is 0 Å². The molecule has 0 heterocycles. The molecule has 0 amide bonds. The summed E-state index contributed by atoms with van der Waals surface area (Å²) in [5.74, 6) is -0.0509. The molecule has 2 aromatic rings. The summed E-state index contributed by atoms with van der Waals surface area (Å²) in [4.78, 5) is 12.9. The van der Waals surface area contributed by atoms with Crippen molar-refractivity contribution in [3.63, 3.8) is 0 Å². The Balaban J connectivity index is 2.00. The number of nitrogens with one attached hydrogen (secondary N) is 1. The highest BCUT2D eigenvalue weighted by molar-refractivity contribution is 7.97. The predicted octanol–water partition coefficient (Wildman–Crippen LogP) is 3.57. The summed E-state index contributed by atoms with van der Waals surface area (Å²) in [5.41, 5.74) is 1.70. The van der Waals surface area contributed by atoms with Crippen LogP contribution in [0.5, 0.6) is 0 Å². The Morgan fingerprint density at radius 2 is 1.86 bits per heavy atom. The second-order valence-electron chi connectivity index (χ2n) is 4.70. The van der Waals surface area contributed by atoms with Gasteiger partial charge in [-0.05, 0) is 48.2 Å². The van der Waals surface area contributed by atoms with Crippen molar-refractivity contribution in [2.45, 2.75) is 17.4 Å². The molecule has 0 saturated heterocycles. The number of nitrogens with zero attached hydrogens (tertiary/aromatic N) is 1. The van der Waals surface area contributed by atoms with Gasteiger partial charge < -0.3 is 0 Å². The van der Waals surface area contributed by atoms with Crippen LogP contribution >= 0.6 is 23.5 Å². The zero-order valence-corrected chi connectivity index (χ0v) is 13.4. The van der Waals surface area contributed by atoms with E-state index in [4.69, 9.17) is 16.9 Å². The van der Waals surface area contributed by atoms with Gasteiger partial charge in [-0.1, -0.05) is 30.3 Å². The highest BCUT2D eigenvalue weighted by Crippen LogP contribution is 2.17. The number of alkyl halides is 1. The van der Waals surface area contributed by atoms with E-state index in [1.54, 1.807) is 12.1 Å². The lowest BCUT2D eigenvalue weighted by Crippen LogP contribution is -2.35. The van der Waals surface area contributed by atoms with Crippen LogP contribution < -0.4 is 4.72 Å².